The molecular formula is C18H13NS. The minimum Gasteiger partial charge on any atom is -0.398 e. The number of hydrogen-bond donors (Lipinski definition) is 1. The summed E-state index contributed by atoms with van der Waals surface area (Å²) < 4.78 is 2.59. The first-order valence-electron chi connectivity index (χ1n) is 6.60. The lowest BCUT2D eigenvalue weighted by Gasteiger charge is -2.07. The Morgan fingerprint density at radius 3 is 2.30 bits per heavy atom. The Bertz CT molecular complexity index is 907. The zero-order valence-electron chi connectivity index (χ0n) is 10.8. The molecule has 2 heteroatoms. The Balaban J connectivity index is 2.17. The van der Waals surface area contributed by atoms with Gasteiger partial charge in [0.25, 0.3) is 0 Å². The Hall–Kier alpha value is -2.32. The first-order chi connectivity index (χ1) is 9.84. The zero-order chi connectivity index (χ0) is 13.5. The average molecular weight is 275 g/mol. The molecule has 0 radical (unpaired) electrons. The Morgan fingerprint density at radius 1 is 0.700 bits per heavy atom. The molecule has 0 saturated heterocycles. The Morgan fingerprint density at radius 2 is 1.45 bits per heavy atom. The second-order valence-electron chi connectivity index (χ2n) is 4.87. The molecule has 3 aromatic carbocycles. The summed E-state index contributed by atoms with van der Waals surface area (Å²) in [5.74, 6) is 0. The van der Waals surface area contributed by atoms with E-state index >= 15 is 0 Å². The van der Waals surface area contributed by atoms with Crippen molar-refractivity contribution in [3.05, 3.63) is 66.7 Å². The molecule has 0 saturated carbocycles. The van der Waals surface area contributed by atoms with E-state index in [0.29, 0.717) is 0 Å². The number of nitrogens with two attached hydrogens (primary N) is 1. The molecule has 0 atom stereocenters. The molecule has 0 aliphatic heterocycles. The van der Waals surface area contributed by atoms with Crippen molar-refractivity contribution in [2.45, 2.75) is 0 Å². The maximum absolute atomic E-state index is 6.25. The van der Waals surface area contributed by atoms with Gasteiger partial charge < -0.3 is 5.73 Å². The van der Waals surface area contributed by atoms with Gasteiger partial charge in [-0.05, 0) is 17.7 Å². The van der Waals surface area contributed by atoms with Crippen LogP contribution in [0.4, 0.5) is 5.69 Å². The summed E-state index contributed by atoms with van der Waals surface area (Å²) in [7, 11) is 0. The molecule has 96 valence electrons. The van der Waals surface area contributed by atoms with Crippen molar-refractivity contribution < 1.29 is 0 Å². The van der Waals surface area contributed by atoms with Crippen molar-refractivity contribution in [3.63, 3.8) is 0 Å². The van der Waals surface area contributed by atoms with Crippen LogP contribution in [0.1, 0.15) is 0 Å². The Kier molecular flexibility index (Phi) is 2.51. The fraction of sp³-hybridized carbons (Fsp3) is 0. The van der Waals surface area contributed by atoms with Gasteiger partial charge in [-0.2, -0.15) is 0 Å². The van der Waals surface area contributed by atoms with Gasteiger partial charge in [-0.25, -0.2) is 0 Å². The smallest absolute Gasteiger partial charge is 0.0454 e. The number of hydrogen-bond acceptors (Lipinski definition) is 2. The second kappa shape index (κ2) is 4.36. The second-order valence-corrected chi connectivity index (χ2v) is 5.92. The quantitative estimate of drug-likeness (QED) is 0.468. The number of benzene rings is 3. The van der Waals surface area contributed by atoms with E-state index < -0.39 is 0 Å². The zero-order valence-corrected chi connectivity index (χ0v) is 11.7. The standard InChI is InChI=1S/C18H13NS/c19-15-11-10-14-13-8-4-5-9-16(13)20-18(14)17(15)12-6-2-1-3-7-12/h1-11H,19H2. The molecule has 0 fully saturated rings. The Labute approximate surface area is 121 Å². The molecule has 0 aliphatic rings. The summed E-state index contributed by atoms with van der Waals surface area (Å²) in [6.45, 7) is 0. The highest BCUT2D eigenvalue weighted by molar-refractivity contribution is 7.26. The molecule has 1 aromatic heterocycles. The van der Waals surface area contributed by atoms with Gasteiger partial charge in [0.15, 0.2) is 0 Å². The molecule has 1 nitrogen and oxygen atoms in total. The average Bonchev–Trinajstić information content (AvgIpc) is 2.86. The van der Waals surface area contributed by atoms with E-state index in [1.165, 1.54) is 25.7 Å². The molecule has 1 heterocycles. The summed E-state index contributed by atoms with van der Waals surface area (Å²) >= 11 is 1.82. The van der Waals surface area contributed by atoms with E-state index in [2.05, 4.69) is 54.6 Å². The molecule has 20 heavy (non-hydrogen) atoms. The summed E-state index contributed by atoms with van der Waals surface area (Å²) in [4.78, 5) is 0. The van der Waals surface area contributed by atoms with Crippen molar-refractivity contribution in [2.24, 2.45) is 0 Å². The maximum atomic E-state index is 6.25. The molecule has 0 aliphatic carbocycles. The minimum absolute atomic E-state index is 0.843. The van der Waals surface area contributed by atoms with Gasteiger partial charge in [-0.3, -0.25) is 0 Å². The third-order valence-corrected chi connectivity index (χ3v) is 4.85. The van der Waals surface area contributed by atoms with E-state index in [-0.39, 0.29) is 0 Å². The third-order valence-electron chi connectivity index (χ3n) is 3.64. The van der Waals surface area contributed by atoms with E-state index in [1.54, 1.807) is 0 Å². The SMILES string of the molecule is Nc1ccc2c(sc3ccccc32)c1-c1ccccc1. The molecule has 0 bridgehead atoms. The first kappa shape index (κ1) is 11.5. The van der Waals surface area contributed by atoms with Crippen molar-refractivity contribution in [3.8, 4) is 11.1 Å². The van der Waals surface area contributed by atoms with Gasteiger partial charge in [0.05, 0.1) is 0 Å². The molecule has 0 amide bonds. The van der Waals surface area contributed by atoms with Crippen molar-refractivity contribution >= 4 is 37.2 Å². The molecule has 0 unspecified atom stereocenters. The van der Waals surface area contributed by atoms with Gasteiger partial charge in [0, 0.05) is 31.4 Å². The van der Waals surface area contributed by atoms with E-state index in [4.69, 9.17) is 5.73 Å². The number of rotatable bonds is 1. The topological polar surface area (TPSA) is 26.0 Å². The third kappa shape index (κ3) is 1.62. The van der Waals surface area contributed by atoms with E-state index in [0.717, 1.165) is 11.3 Å². The van der Waals surface area contributed by atoms with Crippen LogP contribution in [-0.2, 0) is 0 Å². The summed E-state index contributed by atoms with van der Waals surface area (Å²) in [5.41, 5.74) is 9.43. The number of nitrogen functional groups attached to an aromatic ring is 1. The lowest BCUT2D eigenvalue weighted by Crippen LogP contribution is -1.89. The van der Waals surface area contributed by atoms with Crippen LogP contribution in [0, 0.1) is 0 Å². The largest absolute Gasteiger partial charge is 0.398 e. The molecule has 4 rings (SSSR count). The lowest BCUT2D eigenvalue weighted by molar-refractivity contribution is 1.66. The van der Waals surface area contributed by atoms with Crippen molar-refractivity contribution in [1.29, 1.82) is 0 Å². The summed E-state index contributed by atoms with van der Waals surface area (Å²) in [5, 5.41) is 2.60. The molecule has 0 spiro atoms. The molecule has 4 aromatic rings. The number of anilines is 1. The normalized spacial score (nSPS) is 11.2. The number of thiophene rings is 1. The van der Waals surface area contributed by atoms with Gasteiger partial charge in [0.1, 0.15) is 0 Å². The van der Waals surface area contributed by atoms with Crippen LogP contribution in [0.5, 0.6) is 0 Å². The summed E-state index contributed by atoms with van der Waals surface area (Å²) in [6.07, 6.45) is 0. The highest BCUT2D eigenvalue weighted by Gasteiger charge is 2.12. The fourth-order valence-corrected chi connectivity index (χ4v) is 3.99. The van der Waals surface area contributed by atoms with Crippen LogP contribution < -0.4 is 5.73 Å². The van der Waals surface area contributed by atoms with Gasteiger partial charge in [0.2, 0.25) is 0 Å². The summed E-state index contributed by atoms with van der Waals surface area (Å²) in [6, 6.07) is 23.1. The predicted molar refractivity (Wildman–Crippen MR) is 89.2 cm³/mol. The molecule has 2 N–H and O–H groups in total. The lowest BCUT2D eigenvalue weighted by atomic mass is 10.0. The monoisotopic (exact) mass is 275 g/mol. The maximum Gasteiger partial charge on any atom is 0.0454 e. The van der Waals surface area contributed by atoms with Crippen LogP contribution in [0.3, 0.4) is 0 Å². The highest BCUT2D eigenvalue weighted by Crippen LogP contribution is 2.42. The van der Waals surface area contributed by atoms with E-state index in [1.807, 2.05) is 23.5 Å². The molecular weight excluding hydrogens is 262 g/mol. The predicted octanol–water partition coefficient (Wildman–Crippen LogP) is 5.30. The van der Waals surface area contributed by atoms with Crippen LogP contribution >= 0.6 is 11.3 Å². The van der Waals surface area contributed by atoms with Gasteiger partial charge in [-0.1, -0.05) is 54.6 Å². The van der Waals surface area contributed by atoms with E-state index in [9.17, 15) is 0 Å². The van der Waals surface area contributed by atoms with Crippen LogP contribution in [0.15, 0.2) is 66.7 Å². The van der Waals surface area contributed by atoms with Crippen molar-refractivity contribution in [2.75, 3.05) is 5.73 Å². The fourth-order valence-electron chi connectivity index (χ4n) is 2.71. The minimum atomic E-state index is 0.843. The highest BCUT2D eigenvalue weighted by atomic mass is 32.1. The first-order valence-corrected chi connectivity index (χ1v) is 7.41. The van der Waals surface area contributed by atoms with Crippen LogP contribution in [0.25, 0.3) is 31.3 Å². The van der Waals surface area contributed by atoms with Crippen LogP contribution in [0.2, 0.25) is 0 Å². The van der Waals surface area contributed by atoms with Gasteiger partial charge >= 0.3 is 0 Å². The van der Waals surface area contributed by atoms with Gasteiger partial charge in [-0.15, -0.1) is 11.3 Å². The van der Waals surface area contributed by atoms with Crippen molar-refractivity contribution in [1.82, 2.24) is 0 Å². The van der Waals surface area contributed by atoms with Crippen LogP contribution in [-0.4, -0.2) is 0 Å². The number of fused-ring (bicyclic) bond motifs is 3.